The summed E-state index contributed by atoms with van der Waals surface area (Å²) in [6.45, 7) is 7.11. The summed E-state index contributed by atoms with van der Waals surface area (Å²) in [6, 6.07) is 16.0. The number of fused-ring (bicyclic) bond motifs is 4. The van der Waals surface area contributed by atoms with E-state index in [0.29, 0.717) is 10.8 Å². The van der Waals surface area contributed by atoms with Crippen LogP contribution in [0.1, 0.15) is 56.6 Å². The molecule has 4 heteroatoms. The highest BCUT2D eigenvalue weighted by atomic mass is 16.1. The van der Waals surface area contributed by atoms with Crippen molar-refractivity contribution in [3.05, 3.63) is 80.1 Å². The molecule has 0 unspecified atom stereocenters. The minimum Gasteiger partial charge on any atom is -0.343 e. The third-order valence-corrected chi connectivity index (χ3v) is 7.44. The molecule has 0 amide bonds. The van der Waals surface area contributed by atoms with Crippen LogP contribution in [-0.2, 0) is 13.6 Å². The summed E-state index contributed by atoms with van der Waals surface area (Å²) in [7, 11) is 1.98. The molecule has 0 aliphatic carbocycles. The lowest BCUT2D eigenvalue weighted by Crippen LogP contribution is -2.15. The first kappa shape index (κ1) is 23.3. The number of pyridine rings is 2. The Balaban J connectivity index is 1.78. The second-order valence-electron chi connectivity index (χ2n) is 10.1. The molecule has 4 nitrogen and oxygen atoms in total. The van der Waals surface area contributed by atoms with E-state index in [1.54, 1.807) is 0 Å². The molecule has 0 spiro atoms. The van der Waals surface area contributed by atoms with Gasteiger partial charge in [-0.25, -0.2) is 0 Å². The largest absolute Gasteiger partial charge is 0.343 e. The summed E-state index contributed by atoms with van der Waals surface area (Å²) in [5, 5.41) is 2.83. The van der Waals surface area contributed by atoms with Crippen molar-refractivity contribution in [2.75, 3.05) is 0 Å². The summed E-state index contributed by atoms with van der Waals surface area (Å²) < 4.78 is 4.31. The number of hydrogen-bond donors (Lipinski definition) is 0. The van der Waals surface area contributed by atoms with Gasteiger partial charge in [0.2, 0.25) is 0 Å². The van der Waals surface area contributed by atoms with Gasteiger partial charge < -0.3 is 9.13 Å². The fraction of sp³-hybridized carbons (Fsp3) is 0.355. The molecule has 0 radical (unpaired) electrons. The lowest BCUT2D eigenvalue weighted by atomic mass is 10.0. The monoisotopic (exact) mass is 466 g/mol. The molecule has 3 aromatic carbocycles. The number of unbranched alkanes of at least 4 members (excludes halogenated alkanes) is 5. The minimum atomic E-state index is 0.0290. The SMILES string of the molecule is CCCCCCCCn1c2ccc(C)cc2c(=O)c2cc3c(cc21)c(=O)c1cc(C)ccc1n3C. The Hall–Kier alpha value is -3.40. The van der Waals surface area contributed by atoms with Gasteiger partial charge in [0, 0.05) is 35.1 Å². The quantitative estimate of drug-likeness (QED) is 0.189. The van der Waals surface area contributed by atoms with Gasteiger partial charge in [0.1, 0.15) is 0 Å². The van der Waals surface area contributed by atoms with E-state index < -0.39 is 0 Å². The zero-order chi connectivity index (χ0) is 24.7. The van der Waals surface area contributed by atoms with Crippen molar-refractivity contribution in [3.63, 3.8) is 0 Å². The van der Waals surface area contributed by atoms with Crippen LogP contribution >= 0.6 is 0 Å². The second kappa shape index (κ2) is 9.33. The number of aryl methyl sites for hydroxylation is 4. The van der Waals surface area contributed by atoms with Gasteiger partial charge in [0.15, 0.2) is 10.9 Å². The predicted molar refractivity (Wildman–Crippen MR) is 149 cm³/mol. The fourth-order valence-corrected chi connectivity index (χ4v) is 5.47. The highest BCUT2D eigenvalue weighted by Gasteiger charge is 2.16. The number of hydrogen-bond acceptors (Lipinski definition) is 2. The highest BCUT2D eigenvalue weighted by Crippen LogP contribution is 2.27. The van der Waals surface area contributed by atoms with Gasteiger partial charge in [-0.05, 0) is 56.7 Å². The van der Waals surface area contributed by atoms with E-state index in [9.17, 15) is 9.59 Å². The van der Waals surface area contributed by atoms with Gasteiger partial charge >= 0.3 is 0 Å². The molecule has 2 aromatic heterocycles. The third-order valence-electron chi connectivity index (χ3n) is 7.44. The Morgan fingerprint density at radius 1 is 0.600 bits per heavy atom. The maximum absolute atomic E-state index is 13.7. The van der Waals surface area contributed by atoms with Gasteiger partial charge in [-0.2, -0.15) is 0 Å². The lowest BCUT2D eigenvalue weighted by Gasteiger charge is -2.18. The van der Waals surface area contributed by atoms with Crippen molar-refractivity contribution in [1.82, 2.24) is 9.13 Å². The highest BCUT2D eigenvalue weighted by molar-refractivity contribution is 6.03. The topological polar surface area (TPSA) is 44.0 Å². The zero-order valence-electron chi connectivity index (χ0n) is 21.3. The van der Waals surface area contributed by atoms with Crippen molar-refractivity contribution < 1.29 is 0 Å². The first-order chi connectivity index (χ1) is 16.9. The molecular formula is C31H34N2O2. The summed E-state index contributed by atoms with van der Waals surface area (Å²) in [4.78, 5) is 27.3. The first-order valence-electron chi connectivity index (χ1n) is 12.9. The Kier molecular flexibility index (Phi) is 6.22. The molecule has 0 fully saturated rings. The molecule has 2 heterocycles. The van der Waals surface area contributed by atoms with Crippen LogP contribution in [0.2, 0.25) is 0 Å². The third kappa shape index (κ3) is 4.05. The lowest BCUT2D eigenvalue weighted by molar-refractivity contribution is 0.570. The fourth-order valence-electron chi connectivity index (χ4n) is 5.47. The van der Waals surface area contributed by atoms with Crippen LogP contribution in [-0.4, -0.2) is 9.13 Å². The molecule has 0 saturated carbocycles. The number of nitrogens with zero attached hydrogens (tertiary/aromatic N) is 2. The van der Waals surface area contributed by atoms with E-state index in [1.165, 1.54) is 32.1 Å². The number of rotatable bonds is 7. The molecular weight excluding hydrogens is 432 g/mol. The molecule has 0 saturated heterocycles. The first-order valence-corrected chi connectivity index (χ1v) is 12.9. The van der Waals surface area contributed by atoms with E-state index >= 15 is 0 Å². The smallest absolute Gasteiger partial charge is 0.197 e. The van der Waals surface area contributed by atoms with Crippen LogP contribution < -0.4 is 10.9 Å². The summed E-state index contributed by atoms with van der Waals surface area (Å²) in [5.41, 5.74) is 5.71. The van der Waals surface area contributed by atoms with Crippen molar-refractivity contribution in [3.8, 4) is 0 Å². The van der Waals surface area contributed by atoms with Crippen LogP contribution in [0.25, 0.3) is 43.6 Å². The predicted octanol–water partition coefficient (Wildman–Crippen LogP) is 7.14. The molecule has 0 aliphatic rings. The molecule has 0 atom stereocenters. The van der Waals surface area contributed by atoms with E-state index in [2.05, 4.69) is 23.6 Å². The van der Waals surface area contributed by atoms with E-state index in [0.717, 1.165) is 56.9 Å². The second-order valence-corrected chi connectivity index (χ2v) is 10.1. The van der Waals surface area contributed by atoms with Crippen molar-refractivity contribution in [2.24, 2.45) is 7.05 Å². The Labute approximate surface area is 205 Å². The Bertz CT molecular complexity index is 1710. The Morgan fingerprint density at radius 2 is 1.11 bits per heavy atom. The number of benzene rings is 3. The maximum atomic E-state index is 13.7. The van der Waals surface area contributed by atoms with Gasteiger partial charge in [-0.1, -0.05) is 62.3 Å². The van der Waals surface area contributed by atoms with Crippen LogP contribution in [0.3, 0.4) is 0 Å². The van der Waals surface area contributed by atoms with Crippen LogP contribution in [0.4, 0.5) is 0 Å². The minimum absolute atomic E-state index is 0.0290. The molecule has 35 heavy (non-hydrogen) atoms. The summed E-state index contributed by atoms with van der Waals surface area (Å²) in [5.74, 6) is 0. The molecule has 0 N–H and O–H groups in total. The standard InChI is InChI=1S/C31H34N2O2/c1-5-6-7-8-9-10-15-33-27-14-12-21(3)17-23(27)31(35)25-18-28-24(19-29(25)33)30(34)22-16-20(2)11-13-26(22)32(28)4/h11-14,16-19H,5-10,15H2,1-4H3. The Morgan fingerprint density at radius 3 is 1.80 bits per heavy atom. The average Bonchev–Trinajstić information content (AvgIpc) is 2.85. The van der Waals surface area contributed by atoms with Gasteiger partial charge in [0.05, 0.1) is 22.1 Å². The van der Waals surface area contributed by atoms with Gasteiger partial charge in [-0.3, -0.25) is 9.59 Å². The molecule has 5 aromatic rings. The van der Waals surface area contributed by atoms with Crippen molar-refractivity contribution >= 4 is 43.6 Å². The zero-order valence-corrected chi connectivity index (χ0v) is 21.3. The average molecular weight is 467 g/mol. The van der Waals surface area contributed by atoms with Crippen LogP contribution in [0, 0.1) is 13.8 Å². The van der Waals surface area contributed by atoms with Gasteiger partial charge in [-0.15, -0.1) is 0 Å². The molecule has 5 rings (SSSR count). The van der Waals surface area contributed by atoms with E-state index in [1.807, 2.05) is 61.9 Å². The number of aromatic nitrogens is 2. The summed E-state index contributed by atoms with van der Waals surface area (Å²) >= 11 is 0. The van der Waals surface area contributed by atoms with Crippen LogP contribution in [0.5, 0.6) is 0 Å². The molecule has 0 bridgehead atoms. The van der Waals surface area contributed by atoms with Crippen LogP contribution in [0.15, 0.2) is 58.1 Å². The van der Waals surface area contributed by atoms with Gasteiger partial charge in [0.25, 0.3) is 0 Å². The van der Waals surface area contributed by atoms with E-state index in [4.69, 9.17) is 0 Å². The molecule has 180 valence electrons. The maximum Gasteiger partial charge on any atom is 0.197 e. The van der Waals surface area contributed by atoms with Crippen molar-refractivity contribution in [1.29, 1.82) is 0 Å². The molecule has 0 aliphatic heterocycles. The summed E-state index contributed by atoms with van der Waals surface area (Å²) in [6.07, 6.45) is 7.25. The van der Waals surface area contributed by atoms with E-state index in [-0.39, 0.29) is 10.9 Å². The normalized spacial score (nSPS) is 11.9. The van der Waals surface area contributed by atoms with Crippen molar-refractivity contribution in [2.45, 2.75) is 65.8 Å².